The zero-order valence-electron chi connectivity index (χ0n) is 17.4. The molecule has 0 fully saturated rings. The number of amides is 3. The predicted molar refractivity (Wildman–Crippen MR) is 120 cm³/mol. The average Bonchev–Trinajstić information content (AvgIpc) is 3.40. The van der Waals surface area contributed by atoms with Crippen LogP contribution in [0.2, 0.25) is 0 Å². The standard InChI is InChI=1S/C23H24N6O2/c1-27(2)22(30)16-28-11-10-18-12-19(8-9-21(18)28)26-23(31)24-13-17-14-25-29(15-17)20-6-4-3-5-7-20/h3-12,14-15H,13,16H2,1-2H3,(H2,24,26,31). The summed E-state index contributed by atoms with van der Waals surface area (Å²) in [5.41, 5.74) is 3.49. The lowest BCUT2D eigenvalue weighted by Crippen LogP contribution is -2.28. The molecular formula is C23H24N6O2. The molecule has 0 saturated carbocycles. The smallest absolute Gasteiger partial charge is 0.319 e. The second-order valence-electron chi connectivity index (χ2n) is 7.44. The highest BCUT2D eigenvalue weighted by Crippen LogP contribution is 2.21. The highest BCUT2D eigenvalue weighted by molar-refractivity contribution is 5.93. The van der Waals surface area contributed by atoms with Crippen molar-refractivity contribution in [2.75, 3.05) is 19.4 Å². The summed E-state index contributed by atoms with van der Waals surface area (Å²) in [4.78, 5) is 25.9. The van der Waals surface area contributed by atoms with Crippen molar-refractivity contribution in [1.29, 1.82) is 0 Å². The average molecular weight is 416 g/mol. The van der Waals surface area contributed by atoms with Crippen molar-refractivity contribution in [3.05, 3.63) is 78.8 Å². The fraction of sp³-hybridized carbons (Fsp3) is 0.174. The Morgan fingerprint density at radius 3 is 2.65 bits per heavy atom. The van der Waals surface area contributed by atoms with Gasteiger partial charge in [0.2, 0.25) is 5.91 Å². The van der Waals surface area contributed by atoms with Gasteiger partial charge in [0.25, 0.3) is 0 Å². The van der Waals surface area contributed by atoms with E-state index in [1.807, 2.05) is 71.6 Å². The minimum atomic E-state index is -0.297. The molecule has 8 nitrogen and oxygen atoms in total. The Kier molecular flexibility index (Phi) is 5.70. The third-order valence-corrected chi connectivity index (χ3v) is 4.94. The van der Waals surface area contributed by atoms with Crippen LogP contribution in [-0.4, -0.2) is 45.3 Å². The molecule has 31 heavy (non-hydrogen) atoms. The minimum Gasteiger partial charge on any atom is -0.347 e. The van der Waals surface area contributed by atoms with E-state index >= 15 is 0 Å². The molecule has 0 aliphatic rings. The minimum absolute atomic E-state index is 0.0228. The number of hydrogen-bond acceptors (Lipinski definition) is 3. The zero-order valence-corrected chi connectivity index (χ0v) is 17.4. The molecule has 3 amide bonds. The third-order valence-electron chi connectivity index (χ3n) is 4.94. The van der Waals surface area contributed by atoms with Gasteiger partial charge in [0.05, 0.1) is 11.9 Å². The maximum Gasteiger partial charge on any atom is 0.319 e. The molecule has 2 aromatic carbocycles. The van der Waals surface area contributed by atoms with E-state index < -0.39 is 0 Å². The SMILES string of the molecule is CN(C)C(=O)Cn1ccc2cc(NC(=O)NCc3cnn(-c4ccccc4)c3)ccc21. The molecule has 158 valence electrons. The Hall–Kier alpha value is -4.07. The molecule has 2 N–H and O–H groups in total. The Balaban J connectivity index is 1.35. The molecule has 8 heteroatoms. The van der Waals surface area contributed by atoms with Crippen LogP contribution >= 0.6 is 0 Å². The summed E-state index contributed by atoms with van der Waals surface area (Å²) in [5, 5.41) is 11.0. The number of carbonyl (C=O) groups is 2. The van der Waals surface area contributed by atoms with E-state index in [0.29, 0.717) is 12.2 Å². The predicted octanol–water partition coefficient (Wildman–Crippen LogP) is 3.24. The van der Waals surface area contributed by atoms with Crippen molar-refractivity contribution >= 4 is 28.5 Å². The van der Waals surface area contributed by atoms with Crippen LogP contribution in [0.15, 0.2) is 73.2 Å². The van der Waals surface area contributed by atoms with Crippen molar-refractivity contribution in [3.63, 3.8) is 0 Å². The number of fused-ring (bicyclic) bond motifs is 1. The summed E-state index contributed by atoms with van der Waals surface area (Å²) in [6.07, 6.45) is 5.50. The molecule has 2 aromatic heterocycles. The molecule has 0 saturated heterocycles. The topological polar surface area (TPSA) is 84.2 Å². The first-order valence-corrected chi connectivity index (χ1v) is 9.92. The molecule has 0 unspecified atom stereocenters. The zero-order chi connectivity index (χ0) is 21.8. The van der Waals surface area contributed by atoms with Gasteiger partial charge in [-0.2, -0.15) is 5.10 Å². The first-order valence-electron chi connectivity index (χ1n) is 9.92. The molecule has 4 aromatic rings. The number of aromatic nitrogens is 3. The highest BCUT2D eigenvalue weighted by Gasteiger charge is 2.10. The van der Waals surface area contributed by atoms with Crippen molar-refractivity contribution in [2.24, 2.45) is 0 Å². The third kappa shape index (κ3) is 4.75. The molecule has 0 bridgehead atoms. The first-order chi connectivity index (χ1) is 15.0. The van der Waals surface area contributed by atoms with Crippen LogP contribution in [-0.2, 0) is 17.9 Å². The maximum absolute atomic E-state index is 12.3. The molecule has 2 heterocycles. The number of para-hydroxylation sites is 1. The van der Waals surface area contributed by atoms with E-state index in [-0.39, 0.29) is 18.5 Å². The number of benzene rings is 2. The first kappa shape index (κ1) is 20.2. The Morgan fingerprint density at radius 1 is 1.06 bits per heavy atom. The number of anilines is 1. The van der Waals surface area contributed by atoms with Gasteiger partial charge in [-0.25, -0.2) is 9.48 Å². The van der Waals surface area contributed by atoms with Crippen LogP contribution < -0.4 is 10.6 Å². The molecule has 0 aliphatic heterocycles. The van der Waals surface area contributed by atoms with Gasteiger partial charge in [0.1, 0.15) is 6.54 Å². The summed E-state index contributed by atoms with van der Waals surface area (Å²) >= 11 is 0. The summed E-state index contributed by atoms with van der Waals surface area (Å²) in [6, 6.07) is 17.0. The summed E-state index contributed by atoms with van der Waals surface area (Å²) in [5.74, 6) is 0.0228. The second-order valence-corrected chi connectivity index (χ2v) is 7.44. The highest BCUT2D eigenvalue weighted by atomic mass is 16.2. The number of nitrogens with zero attached hydrogens (tertiary/aromatic N) is 4. The van der Waals surface area contributed by atoms with Gasteiger partial charge in [0, 0.05) is 55.2 Å². The van der Waals surface area contributed by atoms with E-state index in [4.69, 9.17) is 0 Å². The van der Waals surface area contributed by atoms with Gasteiger partial charge < -0.3 is 20.1 Å². The molecule has 0 spiro atoms. The number of likely N-dealkylation sites (N-methyl/N-ethyl adjacent to an activating group) is 1. The van der Waals surface area contributed by atoms with E-state index in [9.17, 15) is 9.59 Å². The van der Waals surface area contributed by atoms with Crippen LogP contribution in [0.1, 0.15) is 5.56 Å². The van der Waals surface area contributed by atoms with Gasteiger partial charge in [-0.05, 0) is 36.4 Å². The number of rotatable bonds is 6. The number of carbonyl (C=O) groups excluding carboxylic acids is 2. The molecule has 0 aliphatic carbocycles. The summed E-state index contributed by atoms with van der Waals surface area (Å²) in [6.45, 7) is 0.643. The van der Waals surface area contributed by atoms with E-state index in [0.717, 1.165) is 22.2 Å². The van der Waals surface area contributed by atoms with Crippen LogP contribution in [0, 0.1) is 0 Å². The van der Waals surface area contributed by atoms with Crippen molar-refractivity contribution < 1.29 is 9.59 Å². The number of hydrogen-bond donors (Lipinski definition) is 2. The van der Waals surface area contributed by atoms with Crippen molar-refractivity contribution in [2.45, 2.75) is 13.1 Å². The van der Waals surface area contributed by atoms with Crippen molar-refractivity contribution in [3.8, 4) is 5.69 Å². The van der Waals surface area contributed by atoms with Crippen LogP contribution in [0.3, 0.4) is 0 Å². The fourth-order valence-corrected chi connectivity index (χ4v) is 3.23. The molecule has 4 rings (SSSR count). The van der Waals surface area contributed by atoms with E-state index in [1.54, 1.807) is 29.9 Å². The Morgan fingerprint density at radius 2 is 1.87 bits per heavy atom. The normalized spacial score (nSPS) is 10.8. The monoisotopic (exact) mass is 416 g/mol. The lowest BCUT2D eigenvalue weighted by atomic mass is 10.2. The molecular weight excluding hydrogens is 392 g/mol. The van der Waals surface area contributed by atoms with E-state index in [2.05, 4.69) is 15.7 Å². The van der Waals surface area contributed by atoms with Crippen molar-refractivity contribution in [1.82, 2.24) is 24.6 Å². The van der Waals surface area contributed by atoms with Crippen LogP contribution in [0.4, 0.5) is 10.5 Å². The van der Waals surface area contributed by atoms with Crippen LogP contribution in [0.25, 0.3) is 16.6 Å². The lowest BCUT2D eigenvalue weighted by molar-refractivity contribution is -0.129. The van der Waals surface area contributed by atoms with Gasteiger partial charge in [-0.3, -0.25) is 4.79 Å². The van der Waals surface area contributed by atoms with Gasteiger partial charge in [0.15, 0.2) is 0 Å². The number of urea groups is 1. The summed E-state index contributed by atoms with van der Waals surface area (Å²) < 4.78 is 3.67. The Bertz CT molecular complexity index is 1210. The van der Waals surface area contributed by atoms with Gasteiger partial charge >= 0.3 is 6.03 Å². The largest absolute Gasteiger partial charge is 0.347 e. The summed E-state index contributed by atoms with van der Waals surface area (Å²) in [7, 11) is 3.47. The maximum atomic E-state index is 12.3. The quantitative estimate of drug-likeness (QED) is 0.506. The van der Waals surface area contributed by atoms with Crippen LogP contribution in [0.5, 0.6) is 0 Å². The van der Waals surface area contributed by atoms with Gasteiger partial charge in [-0.15, -0.1) is 0 Å². The van der Waals surface area contributed by atoms with Gasteiger partial charge in [-0.1, -0.05) is 18.2 Å². The number of nitrogens with one attached hydrogen (secondary N) is 2. The second kappa shape index (κ2) is 8.74. The molecule has 0 atom stereocenters. The van der Waals surface area contributed by atoms with E-state index in [1.165, 1.54) is 0 Å². The lowest BCUT2D eigenvalue weighted by Gasteiger charge is -2.12. The Labute approximate surface area is 180 Å². The fourth-order valence-electron chi connectivity index (χ4n) is 3.23. The molecule has 0 radical (unpaired) electrons.